The van der Waals surface area contributed by atoms with Crippen molar-refractivity contribution in [1.82, 2.24) is 9.97 Å². The van der Waals surface area contributed by atoms with Crippen molar-refractivity contribution in [2.45, 2.75) is 109 Å². The molecule has 0 aliphatic heterocycles. The third-order valence-corrected chi connectivity index (χ3v) is 8.54. The summed E-state index contributed by atoms with van der Waals surface area (Å²) in [5, 5.41) is 0. The van der Waals surface area contributed by atoms with Gasteiger partial charge in [0.15, 0.2) is 11.6 Å². The van der Waals surface area contributed by atoms with Crippen molar-refractivity contribution < 1.29 is 9.53 Å². The maximum Gasteiger partial charge on any atom is 0.335 e. The Morgan fingerprint density at radius 1 is 0.886 bits per heavy atom. The number of hydrogen-bond acceptors (Lipinski definition) is 4. The van der Waals surface area contributed by atoms with Crippen LogP contribution in [0.3, 0.4) is 0 Å². The topological polar surface area (TPSA) is 52.1 Å². The van der Waals surface area contributed by atoms with Crippen LogP contribution in [0.15, 0.2) is 48.8 Å². The number of allylic oxidation sites excluding steroid dienone is 1. The van der Waals surface area contributed by atoms with E-state index in [2.05, 4.69) is 48.1 Å². The normalized spacial score (nSPS) is 23.6. The van der Waals surface area contributed by atoms with E-state index >= 15 is 0 Å². The highest BCUT2D eigenvalue weighted by molar-refractivity contribution is 5.83. The van der Waals surface area contributed by atoms with Crippen molar-refractivity contribution in [2.24, 2.45) is 5.41 Å². The fraction of sp³-hybridized carbons (Fsp3) is 0.581. The number of nitrogens with zero attached hydrogens (tertiary/aromatic N) is 2. The molecule has 0 radical (unpaired) electrons. The van der Waals surface area contributed by atoms with Crippen molar-refractivity contribution in [3.8, 4) is 17.1 Å². The number of esters is 1. The molecule has 3 fully saturated rings. The van der Waals surface area contributed by atoms with Gasteiger partial charge in [0.1, 0.15) is 0 Å². The second-order valence-corrected chi connectivity index (χ2v) is 10.9. The Labute approximate surface area is 211 Å². The summed E-state index contributed by atoms with van der Waals surface area (Å²) in [7, 11) is 0. The van der Waals surface area contributed by atoms with Crippen LogP contribution in [0.4, 0.5) is 0 Å². The summed E-state index contributed by atoms with van der Waals surface area (Å²) in [5.74, 6) is 0.654. The van der Waals surface area contributed by atoms with E-state index in [9.17, 15) is 4.79 Å². The molecule has 35 heavy (non-hydrogen) atoms. The molecule has 5 rings (SSSR count). The summed E-state index contributed by atoms with van der Waals surface area (Å²) in [6.07, 6.45) is 24.6. The van der Waals surface area contributed by atoms with Crippen LogP contribution in [0.1, 0.15) is 109 Å². The number of carbonyl (C=O) groups is 1. The van der Waals surface area contributed by atoms with Gasteiger partial charge in [-0.2, -0.15) is 0 Å². The molecule has 188 valence electrons. The molecule has 1 heterocycles. The van der Waals surface area contributed by atoms with Crippen LogP contribution < -0.4 is 4.74 Å². The average molecular weight is 475 g/mol. The van der Waals surface area contributed by atoms with Gasteiger partial charge in [-0.3, -0.25) is 0 Å². The minimum atomic E-state index is -0.379. The quantitative estimate of drug-likeness (QED) is 0.176. The van der Waals surface area contributed by atoms with Crippen LogP contribution >= 0.6 is 0 Å². The van der Waals surface area contributed by atoms with Crippen molar-refractivity contribution in [3.63, 3.8) is 0 Å². The number of benzene rings is 1. The molecule has 1 aromatic carbocycles. The molecule has 2 bridgehead atoms. The van der Waals surface area contributed by atoms with Gasteiger partial charge in [-0.05, 0) is 74.2 Å². The summed E-state index contributed by atoms with van der Waals surface area (Å²) in [5.41, 5.74) is 3.49. The van der Waals surface area contributed by atoms with E-state index < -0.39 is 0 Å². The molecule has 2 aromatic rings. The molecular formula is C31H42N2O2. The Kier molecular flexibility index (Phi) is 8.75. The highest BCUT2D eigenvalue weighted by Gasteiger charge is 2.48. The molecule has 0 unspecified atom stereocenters. The highest BCUT2D eigenvalue weighted by Crippen LogP contribution is 2.59. The monoisotopic (exact) mass is 474 g/mol. The Hall–Kier alpha value is -2.49. The standard InChI is InChI=1S/C31H42N2O2/c1-3-5-7-8-9-11-28(34)35-27-23-32-29(33-24-27)25-12-14-26(15-13-25)31-20-17-30(18-21-31,19-22-31)16-10-6-4-2/h9,11-15,23-24H,3-8,10,16-22H2,1-2H3. The summed E-state index contributed by atoms with van der Waals surface area (Å²) in [6, 6.07) is 8.90. The maximum atomic E-state index is 12.0. The lowest BCUT2D eigenvalue weighted by Gasteiger charge is -2.54. The summed E-state index contributed by atoms with van der Waals surface area (Å²) >= 11 is 0. The molecule has 0 N–H and O–H groups in total. The first-order valence-corrected chi connectivity index (χ1v) is 13.9. The maximum absolute atomic E-state index is 12.0. The first-order valence-electron chi connectivity index (χ1n) is 13.9. The first kappa shape index (κ1) is 25.6. The molecule has 1 aromatic heterocycles. The zero-order chi connectivity index (χ0) is 24.6. The largest absolute Gasteiger partial charge is 0.420 e. The molecular weight excluding hydrogens is 432 g/mol. The lowest BCUT2D eigenvalue weighted by atomic mass is 9.51. The van der Waals surface area contributed by atoms with E-state index in [1.807, 2.05) is 6.08 Å². The average Bonchev–Trinajstić information content (AvgIpc) is 2.90. The van der Waals surface area contributed by atoms with Gasteiger partial charge in [0.25, 0.3) is 0 Å². The van der Waals surface area contributed by atoms with Crippen molar-refractivity contribution in [3.05, 3.63) is 54.4 Å². The second-order valence-electron chi connectivity index (χ2n) is 10.9. The van der Waals surface area contributed by atoms with Gasteiger partial charge in [-0.1, -0.05) is 76.3 Å². The predicted molar refractivity (Wildman–Crippen MR) is 142 cm³/mol. The Balaban J connectivity index is 1.32. The Bertz CT molecular complexity index is 954. The number of aromatic nitrogens is 2. The molecule has 0 spiro atoms. The number of hydrogen-bond donors (Lipinski definition) is 0. The van der Waals surface area contributed by atoms with Crippen LogP contribution in [-0.4, -0.2) is 15.9 Å². The van der Waals surface area contributed by atoms with Crippen LogP contribution in [0.2, 0.25) is 0 Å². The van der Waals surface area contributed by atoms with E-state index in [1.165, 1.54) is 88.7 Å². The molecule has 0 amide bonds. The van der Waals surface area contributed by atoms with Gasteiger partial charge in [0.05, 0.1) is 12.4 Å². The van der Waals surface area contributed by atoms with Gasteiger partial charge in [-0.15, -0.1) is 0 Å². The van der Waals surface area contributed by atoms with E-state index in [1.54, 1.807) is 12.4 Å². The van der Waals surface area contributed by atoms with Crippen molar-refractivity contribution in [2.75, 3.05) is 0 Å². The van der Waals surface area contributed by atoms with Gasteiger partial charge < -0.3 is 4.74 Å². The second kappa shape index (κ2) is 12.0. The van der Waals surface area contributed by atoms with Gasteiger partial charge in [-0.25, -0.2) is 14.8 Å². The lowest BCUT2D eigenvalue weighted by molar-refractivity contribution is -0.129. The number of carbonyl (C=O) groups excluding carboxylic acids is 1. The van der Waals surface area contributed by atoms with Crippen molar-refractivity contribution in [1.29, 1.82) is 0 Å². The Morgan fingerprint density at radius 2 is 1.51 bits per heavy atom. The predicted octanol–water partition coefficient (Wildman–Crippen LogP) is 8.36. The molecule has 4 heteroatoms. The third kappa shape index (κ3) is 6.39. The van der Waals surface area contributed by atoms with Crippen LogP contribution in [-0.2, 0) is 10.2 Å². The minimum absolute atomic E-state index is 0.369. The fourth-order valence-electron chi connectivity index (χ4n) is 6.15. The number of rotatable bonds is 12. The van der Waals surface area contributed by atoms with Crippen LogP contribution in [0, 0.1) is 5.41 Å². The van der Waals surface area contributed by atoms with E-state index in [-0.39, 0.29) is 5.97 Å². The number of ether oxygens (including phenoxy) is 1. The summed E-state index contributed by atoms with van der Waals surface area (Å²) < 4.78 is 5.33. The molecule has 3 aliphatic carbocycles. The summed E-state index contributed by atoms with van der Waals surface area (Å²) in [6.45, 7) is 4.47. The highest BCUT2D eigenvalue weighted by atomic mass is 16.5. The number of unbranched alkanes of at least 4 members (excludes halogenated alkanes) is 5. The van der Waals surface area contributed by atoms with Gasteiger partial charge in [0, 0.05) is 11.6 Å². The smallest absolute Gasteiger partial charge is 0.335 e. The summed E-state index contributed by atoms with van der Waals surface area (Å²) in [4.78, 5) is 20.9. The Morgan fingerprint density at radius 3 is 2.14 bits per heavy atom. The van der Waals surface area contributed by atoms with E-state index in [4.69, 9.17) is 4.74 Å². The zero-order valence-electron chi connectivity index (χ0n) is 21.7. The third-order valence-electron chi connectivity index (χ3n) is 8.54. The molecule has 0 atom stereocenters. The molecule has 4 nitrogen and oxygen atoms in total. The molecule has 3 aliphatic rings. The first-order chi connectivity index (χ1) is 17.1. The number of fused-ring (bicyclic) bond motifs is 3. The molecule has 0 saturated heterocycles. The SMILES string of the molecule is CCCCCC=CC(=O)Oc1cnc(-c2ccc(C34CCC(CCCCC)(CC3)CC4)cc2)nc1. The lowest BCUT2D eigenvalue weighted by Crippen LogP contribution is -2.44. The zero-order valence-corrected chi connectivity index (χ0v) is 21.7. The van der Waals surface area contributed by atoms with Gasteiger partial charge in [0.2, 0.25) is 0 Å². The van der Waals surface area contributed by atoms with Crippen LogP contribution in [0.5, 0.6) is 5.75 Å². The molecule has 3 saturated carbocycles. The minimum Gasteiger partial charge on any atom is -0.420 e. The van der Waals surface area contributed by atoms with Gasteiger partial charge >= 0.3 is 5.97 Å². The fourth-order valence-corrected chi connectivity index (χ4v) is 6.15. The van der Waals surface area contributed by atoms with Crippen molar-refractivity contribution >= 4 is 5.97 Å². The van der Waals surface area contributed by atoms with Crippen LogP contribution in [0.25, 0.3) is 11.4 Å². The van der Waals surface area contributed by atoms with E-state index in [0.717, 1.165) is 18.4 Å². The van der Waals surface area contributed by atoms with E-state index in [0.29, 0.717) is 22.4 Å².